The van der Waals surface area contributed by atoms with Crippen molar-refractivity contribution in [1.29, 1.82) is 0 Å². The molecule has 1 aromatic rings. The fourth-order valence-electron chi connectivity index (χ4n) is 3.56. The van der Waals surface area contributed by atoms with Crippen LogP contribution in [-0.2, 0) is 0 Å². The van der Waals surface area contributed by atoms with Crippen LogP contribution >= 0.6 is 0 Å². The topological polar surface area (TPSA) is 60.7 Å². The molecular weight excluding hydrogens is 420 g/mol. The molecule has 0 aliphatic heterocycles. The zero-order valence-electron chi connectivity index (χ0n) is 22.9. The Morgan fingerprint density at radius 3 is 1.68 bits per heavy atom. The van der Waals surface area contributed by atoms with Crippen LogP contribution in [0.5, 0.6) is 0 Å². The predicted octanol–water partition coefficient (Wildman–Crippen LogP) is 8.78. The minimum absolute atomic E-state index is 0.341. The van der Waals surface area contributed by atoms with Gasteiger partial charge in [0.05, 0.1) is 6.10 Å². The Bertz CT molecular complexity index is 487. The minimum atomic E-state index is -0.341. The number of rotatable bonds is 19. The molecule has 0 aliphatic carbocycles. The van der Waals surface area contributed by atoms with Crippen molar-refractivity contribution in [2.24, 2.45) is 5.92 Å². The number of unbranched alkanes of at least 4 members (excludes halogenated alkanes) is 13. The molecule has 0 fully saturated rings. The van der Waals surface area contributed by atoms with Crippen molar-refractivity contribution in [3.05, 3.63) is 48.6 Å². The van der Waals surface area contributed by atoms with E-state index in [2.05, 4.69) is 20.4 Å². The highest BCUT2D eigenvalue weighted by Crippen LogP contribution is 2.12. The number of hydrogen-bond acceptors (Lipinski definition) is 3. The van der Waals surface area contributed by atoms with Gasteiger partial charge >= 0.3 is 0 Å². The first-order valence-electron chi connectivity index (χ1n) is 14.1. The highest BCUT2D eigenvalue weighted by Gasteiger charge is 1.98. The van der Waals surface area contributed by atoms with E-state index in [0.717, 1.165) is 18.4 Å². The van der Waals surface area contributed by atoms with Crippen molar-refractivity contribution in [2.45, 2.75) is 130 Å². The maximum atomic E-state index is 9.02. The lowest BCUT2D eigenvalue weighted by Gasteiger charge is -2.06. The summed E-state index contributed by atoms with van der Waals surface area (Å²) in [5.41, 5.74) is 0.970. The highest BCUT2D eigenvalue weighted by atomic mass is 16.3. The molecule has 200 valence electrons. The van der Waals surface area contributed by atoms with E-state index in [-0.39, 0.29) is 6.10 Å². The van der Waals surface area contributed by atoms with Gasteiger partial charge in [0.15, 0.2) is 0 Å². The Hall–Kier alpha value is -1.16. The Morgan fingerprint density at radius 2 is 1.24 bits per heavy atom. The largest absolute Gasteiger partial charge is 0.396 e. The summed E-state index contributed by atoms with van der Waals surface area (Å²) < 4.78 is 0. The van der Waals surface area contributed by atoms with E-state index in [4.69, 9.17) is 15.3 Å². The molecule has 0 bridgehead atoms. The summed E-state index contributed by atoms with van der Waals surface area (Å²) in [6.45, 7) is 10.5. The molecule has 2 atom stereocenters. The molecule has 0 saturated carbocycles. The van der Waals surface area contributed by atoms with Crippen LogP contribution in [0.4, 0.5) is 0 Å². The van der Waals surface area contributed by atoms with Crippen LogP contribution < -0.4 is 0 Å². The fourth-order valence-corrected chi connectivity index (χ4v) is 3.56. The summed E-state index contributed by atoms with van der Waals surface area (Å²) in [7, 11) is 0. The zero-order chi connectivity index (χ0) is 25.7. The fraction of sp³-hybridized carbons (Fsp3) is 0.742. The number of aliphatic hydroxyl groups excluding tert-OH is 3. The minimum Gasteiger partial charge on any atom is -0.396 e. The van der Waals surface area contributed by atoms with Crippen molar-refractivity contribution in [3.8, 4) is 0 Å². The van der Waals surface area contributed by atoms with Crippen molar-refractivity contribution in [1.82, 2.24) is 0 Å². The molecule has 0 heterocycles. The number of benzene rings is 1. The van der Waals surface area contributed by atoms with Crippen molar-refractivity contribution in [3.63, 3.8) is 0 Å². The molecule has 2 unspecified atom stereocenters. The van der Waals surface area contributed by atoms with Gasteiger partial charge in [0.1, 0.15) is 0 Å². The van der Waals surface area contributed by atoms with Gasteiger partial charge in [-0.25, -0.2) is 0 Å². The van der Waals surface area contributed by atoms with Gasteiger partial charge in [-0.3, -0.25) is 0 Å². The Balaban J connectivity index is 0. The Morgan fingerprint density at radius 1 is 0.735 bits per heavy atom. The summed E-state index contributed by atoms with van der Waals surface area (Å²) in [6.07, 6.45) is 22.4. The van der Waals surface area contributed by atoms with Crippen molar-refractivity contribution >= 4 is 0 Å². The van der Waals surface area contributed by atoms with E-state index >= 15 is 0 Å². The second-order valence-corrected chi connectivity index (χ2v) is 9.56. The second kappa shape index (κ2) is 29.9. The third kappa shape index (κ3) is 28.9. The van der Waals surface area contributed by atoms with Gasteiger partial charge in [0, 0.05) is 13.2 Å². The van der Waals surface area contributed by atoms with Crippen LogP contribution in [0.15, 0.2) is 43.0 Å². The molecule has 0 aromatic heterocycles. The smallest absolute Gasteiger partial charge is 0.0761 e. The number of aliphatic hydroxyl groups is 3. The summed E-state index contributed by atoms with van der Waals surface area (Å²) in [5.74, 6) is 0.510. The van der Waals surface area contributed by atoms with Gasteiger partial charge < -0.3 is 15.3 Å². The lowest BCUT2D eigenvalue weighted by Crippen LogP contribution is -1.99. The summed E-state index contributed by atoms with van der Waals surface area (Å²) >= 11 is 0. The molecule has 3 nitrogen and oxygen atoms in total. The summed E-state index contributed by atoms with van der Waals surface area (Å²) in [6, 6.07) is 9.59. The quantitative estimate of drug-likeness (QED) is 0.137. The molecule has 3 N–H and O–H groups in total. The van der Waals surface area contributed by atoms with Crippen LogP contribution in [0.3, 0.4) is 0 Å². The molecular formula is C31H58O3. The predicted molar refractivity (Wildman–Crippen MR) is 150 cm³/mol. The van der Waals surface area contributed by atoms with Gasteiger partial charge in [0.25, 0.3) is 0 Å². The van der Waals surface area contributed by atoms with Crippen LogP contribution in [-0.4, -0.2) is 28.5 Å². The van der Waals surface area contributed by atoms with Crippen LogP contribution in [0.2, 0.25) is 0 Å². The Labute approximate surface area is 212 Å². The monoisotopic (exact) mass is 478 g/mol. The highest BCUT2D eigenvalue weighted by molar-refractivity contribution is 5.16. The zero-order valence-corrected chi connectivity index (χ0v) is 22.9. The SMILES string of the molecule is C=CCCCCCCCCCO.CC(O)c1ccccc1.CCCCCCCCCC(C)CO. The van der Waals surface area contributed by atoms with Gasteiger partial charge in [-0.05, 0) is 44.1 Å². The molecule has 0 aliphatic rings. The van der Waals surface area contributed by atoms with Gasteiger partial charge in [-0.1, -0.05) is 127 Å². The van der Waals surface area contributed by atoms with Gasteiger partial charge in [-0.2, -0.15) is 0 Å². The summed E-state index contributed by atoms with van der Waals surface area (Å²) in [4.78, 5) is 0. The van der Waals surface area contributed by atoms with Gasteiger partial charge in [0.2, 0.25) is 0 Å². The van der Waals surface area contributed by atoms with Crippen molar-refractivity contribution in [2.75, 3.05) is 13.2 Å². The molecule has 0 saturated heterocycles. The van der Waals surface area contributed by atoms with E-state index in [0.29, 0.717) is 19.1 Å². The van der Waals surface area contributed by atoms with E-state index in [1.807, 2.05) is 36.4 Å². The molecule has 3 heteroatoms. The first-order chi connectivity index (χ1) is 16.5. The number of hydrogen-bond donors (Lipinski definition) is 3. The first-order valence-corrected chi connectivity index (χ1v) is 14.1. The third-order valence-electron chi connectivity index (χ3n) is 5.96. The lowest BCUT2D eigenvalue weighted by atomic mass is 10.0. The summed E-state index contributed by atoms with van der Waals surface area (Å²) in [5, 5.41) is 26.4. The third-order valence-corrected chi connectivity index (χ3v) is 5.96. The normalized spacial score (nSPS) is 12.1. The Kier molecular flexibility index (Phi) is 30.8. The van der Waals surface area contributed by atoms with Crippen LogP contribution in [0, 0.1) is 5.92 Å². The average Bonchev–Trinajstić information content (AvgIpc) is 2.86. The van der Waals surface area contributed by atoms with Crippen molar-refractivity contribution < 1.29 is 15.3 Å². The molecule has 0 amide bonds. The lowest BCUT2D eigenvalue weighted by molar-refractivity contribution is 0.199. The maximum absolute atomic E-state index is 9.02. The standard InChI is InChI=1S/C12H26O.C11H22O.C8H10O/c1-3-4-5-6-7-8-9-10-12(2)11-13;1-2-3-4-5-6-7-8-9-10-11-12;1-7(9)8-5-3-2-4-6-8/h12-13H,3-11H2,1-2H3;2,12H,1,3-11H2;2-7,9H,1H3. The second-order valence-electron chi connectivity index (χ2n) is 9.56. The van der Waals surface area contributed by atoms with Crippen LogP contribution in [0.1, 0.15) is 135 Å². The molecule has 1 rings (SSSR count). The molecule has 1 aromatic carbocycles. The van der Waals surface area contributed by atoms with Crippen LogP contribution in [0.25, 0.3) is 0 Å². The van der Waals surface area contributed by atoms with E-state index in [9.17, 15) is 0 Å². The van der Waals surface area contributed by atoms with Gasteiger partial charge in [-0.15, -0.1) is 6.58 Å². The van der Waals surface area contributed by atoms with E-state index in [1.54, 1.807) is 6.92 Å². The first kappa shape index (κ1) is 35.0. The molecule has 34 heavy (non-hydrogen) atoms. The molecule has 0 spiro atoms. The average molecular weight is 479 g/mol. The van der Waals surface area contributed by atoms with E-state index in [1.165, 1.54) is 89.9 Å². The number of allylic oxidation sites excluding steroid dienone is 1. The molecule has 0 radical (unpaired) electrons. The van der Waals surface area contributed by atoms with E-state index < -0.39 is 0 Å². The maximum Gasteiger partial charge on any atom is 0.0761 e.